The summed E-state index contributed by atoms with van der Waals surface area (Å²) in [7, 11) is 0. The first-order valence-electron chi connectivity index (χ1n) is 5.27. The highest BCUT2D eigenvalue weighted by Crippen LogP contribution is 2.22. The quantitative estimate of drug-likeness (QED) is 0.747. The lowest BCUT2D eigenvalue weighted by molar-refractivity contribution is -0.0424. The van der Waals surface area contributed by atoms with Crippen molar-refractivity contribution in [2.45, 2.75) is 19.8 Å². The van der Waals surface area contributed by atoms with Crippen LogP contribution in [0.2, 0.25) is 0 Å². The predicted octanol–water partition coefficient (Wildman–Crippen LogP) is 1.26. The van der Waals surface area contributed by atoms with E-state index in [0.29, 0.717) is 18.4 Å². The van der Waals surface area contributed by atoms with E-state index < -0.39 is 0 Å². The molecule has 2 heterocycles. The smallest absolute Gasteiger partial charge is 0.300 e. The second-order valence-electron chi connectivity index (χ2n) is 3.33. The van der Waals surface area contributed by atoms with E-state index in [-0.39, 0.29) is 0 Å². The second kappa shape index (κ2) is 4.93. The summed E-state index contributed by atoms with van der Waals surface area (Å²) in [6.07, 6.45) is 5.55. The molecule has 0 unspecified atom stereocenters. The first-order valence-corrected chi connectivity index (χ1v) is 5.27. The van der Waals surface area contributed by atoms with Crippen molar-refractivity contribution >= 4 is 0 Å². The molecule has 2 rings (SSSR count). The van der Waals surface area contributed by atoms with Gasteiger partial charge in [-0.15, -0.1) is 5.06 Å². The minimum Gasteiger partial charge on any atom is -0.474 e. The number of hydroxylamine groups is 2. The van der Waals surface area contributed by atoms with Gasteiger partial charge in [-0.2, -0.15) is 0 Å². The Morgan fingerprint density at radius 1 is 1.20 bits per heavy atom. The lowest BCUT2D eigenvalue weighted by atomic mass is 10.4. The second-order valence-corrected chi connectivity index (χ2v) is 3.33. The van der Waals surface area contributed by atoms with Gasteiger partial charge in [0.1, 0.15) is 0 Å². The maximum atomic E-state index is 5.59. The molecule has 0 radical (unpaired) electrons. The van der Waals surface area contributed by atoms with Gasteiger partial charge in [0.2, 0.25) is 0 Å². The van der Waals surface area contributed by atoms with Crippen LogP contribution in [0.1, 0.15) is 19.8 Å². The Hall–Kier alpha value is -1.36. The number of nitrogens with zero attached hydrogens (tertiary/aromatic N) is 3. The van der Waals surface area contributed by atoms with Gasteiger partial charge in [0.15, 0.2) is 0 Å². The fourth-order valence-electron chi connectivity index (χ4n) is 1.51. The molecule has 1 aliphatic rings. The SMILES string of the molecule is CCOc1nccnc1ON1CCCC1. The van der Waals surface area contributed by atoms with Crippen molar-refractivity contribution in [3.05, 3.63) is 12.4 Å². The number of aromatic nitrogens is 2. The average molecular weight is 209 g/mol. The molecule has 15 heavy (non-hydrogen) atoms. The van der Waals surface area contributed by atoms with Crippen LogP contribution in [-0.4, -0.2) is 34.7 Å². The van der Waals surface area contributed by atoms with E-state index in [0.717, 1.165) is 13.1 Å². The molecule has 0 saturated carbocycles. The third-order valence-corrected chi connectivity index (χ3v) is 2.19. The van der Waals surface area contributed by atoms with Gasteiger partial charge in [-0.05, 0) is 19.8 Å². The highest BCUT2D eigenvalue weighted by Gasteiger charge is 2.17. The third kappa shape index (κ3) is 2.56. The van der Waals surface area contributed by atoms with Crippen LogP contribution in [0.15, 0.2) is 12.4 Å². The first-order chi connectivity index (χ1) is 7.40. The lowest BCUT2D eigenvalue weighted by Crippen LogP contribution is -2.24. The Labute approximate surface area is 89.0 Å². The highest BCUT2D eigenvalue weighted by molar-refractivity contribution is 5.23. The van der Waals surface area contributed by atoms with E-state index in [1.54, 1.807) is 12.4 Å². The van der Waals surface area contributed by atoms with Crippen LogP contribution in [0, 0.1) is 0 Å². The standard InChI is InChI=1S/C10H15N3O2/c1-2-14-9-10(12-6-5-11-9)15-13-7-3-4-8-13/h5-6H,2-4,7-8H2,1H3. The molecule has 1 saturated heterocycles. The van der Waals surface area contributed by atoms with Gasteiger partial charge >= 0.3 is 5.88 Å². The molecule has 82 valence electrons. The van der Waals surface area contributed by atoms with Crippen LogP contribution < -0.4 is 9.57 Å². The third-order valence-electron chi connectivity index (χ3n) is 2.19. The molecular weight excluding hydrogens is 194 g/mol. The molecule has 1 aliphatic heterocycles. The average Bonchev–Trinajstić information content (AvgIpc) is 2.74. The minimum absolute atomic E-state index is 0.459. The van der Waals surface area contributed by atoms with Crippen molar-refractivity contribution in [2.75, 3.05) is 19.7 Å². The summed E-state index contributed by atoms with van der Waals surface area (Å²) in [6.45, 7) is 4.37. The Morgan fingerprint density at radius 3 is 2.53 bits per heavy atom. The Morgan fingerprint density at radius 2 is 1.87 bits per heavy atom. The Balaban J connectivity index is 2.05. The van der Waals surface area contributed by atoms with Gasteiger partial charge in [0, 0.05) is 25.5 Å². The molecule has 0 atom stereocenters. The molecule has 0 aromatic carbocycles. The van der Waals surface area contributed by atoms with E-state index in [2.05, 4.69) is 9.97 Å². The molecule has 0 N–H and O–H groups in total. The van der Waals surface area contributed by atoms with Crippen LogP contribution >= 0.6 is 0 Å². The van der Waals surface area contributed by atoms with Gasteiger partial charge in [0.05, 0.1) is 6.61 Å². The molecule has 0 spiro atoms. The van der Waals surface area contributed by atoms with E-state index in [9.17, 15) is 0 Å². The van der Waals surface area contributed by atoms with Crippen molar-refractivity contribution in [1.29, 1.82) is 0 Å². The summed E-state index contributed by atoms with van der Waals surface area (Å²) >= 11 is 0. The molecule has 1 fully saturated rings. The van der Waals surface area contributed by atoms with E-state index >= 15 is 0 Å². The minimum atomic E-state index is 0.459. The zero-order valence-electron chi connectivity index (χ0n) is 8.85. The van der Waals surface area contributed by atoms with E-state index in [1.165, 1.54) is 12.8 Å². The van der Waals surface area contributed by atoms with Crippen LogP contribution in [0.4, 0.5) is 0 Å². The predicted molar refractivity (Wildman–Crippen MR) is 54.6 cm³/mol. The van der Waals surface area contributed by atoms with Crippen LogP contribution in [0.5, 0.6) is 11.8 Å². The molecular formula is C10H15N3O2. The Bertz CT molecular complexity index is 313. The summed E-state index contributed by atoms with van der Waals surface area (Å²) in [5, 5.41) is 1.90. The van der Waals surface area contributed by atoms with Crippen molar-refractivity contribution < 1.29 is 9.57 Å². The van der Waals surface area contributed by atoms with Gasteiger partial charge in [-0.1, -0.05) is 0 Å². The fourth-order valence-corrected chi connectivity index (χ4v) is 1.51. The Kier molecular flexibility index (Phi) is 3.34. The summed E-state index contributed by atoms with van der Waals surface area (Å²) < 4.78 is 5.32. The molecule has 0 amide bonds. The van der Waals surface area contributed by atoms with Crippen molar-refractivity contribution in [2.24, 2.45) is 0 Å². The first kappa shape index (κ1) is 10.2. The van der Waals surface area contributed by atoms with Gasteiger partial charge in [0.25, 0.3) is 5.88 Å². The maximum Gasteiger partial charge on any atom is 0.300 e. The molecule has 5 nitrogen and oxygen atoms in total. The van der Waals surface area contributed by atoms with Crippen LogP contribution in [-0.2, 0) is 0 Å². The lowest BCUT2D eigenvalue weighted by Gasteiger charge is -2.16. The summed E-state index contributed by atoms with van der Waals surface area (Å²) in [4.78, 5) is 13.8. The monoisotopic (exact) mass is 209 g/mol. The molecule has 1 aromatic rings. The fraction of sp³-hybridized carbons (Fsp3) is 0.600. The number of hydrogen-bond donors (Lipinski definition) is 0. The normalized spacial score (nSPS) is 16.6. The van der Waals surface area contributed by atoms with E-state index in [1.807, 2.05) is 12.0 Å². The largest absolute Gasteiger partial charge is 0.474 e. The van der Waals surface area contributed by atoms with Gasteiger partial charge in [-0.3, -0.25) is 0 Å². The maximum absolute atomic E-state index is 5.59. The summed E-state index contributed by atoms with van der Waals surface area (Å²) in [5.41, 5.74) is 0. The number of rotatable bonds is 4. The topological polar surface area (TPSA) is 47.5 Å². The summed E-state index contributed by atoms with van der Waals surface area (Å²) in [5.74, 6) is 0.924. The summed E-state index contributed by atoms with van der Waals surface area (Å²) in [6, 6.07) is 0. The van der Waals surface area contributed by atoms with Crippen LogP contribution in [0.25, 0.3) is 0 Å². The van der Waals surface area contributed by atoms with Crippen LogP contribution in [0.3, 0.4) is 0 Å². The number of hydrogen-bond acceptors (Lipinski definition) is 5. The van der Waals surface area contributed by atoms with Gasteiger partial charge in [-0.25, -0.2) is 9.97 Å². The van der Waals surface area contributed by atoms with E-state index in [4.69, 9.17) is 9.57 Å². The molecule has 5 heteroatoms. The van der Waals surface area contributed by atoms with Crippen molar-refractivity contribution in [1.82, 2.24) is 15.0 Å². The van der Waals surface area contributed by atoms with Crippen molar-refractivity contribution in [3.8, 4) is 11.8 Å². The molecule has 0 aliphatic carbocycles. The molecule has 1 aromatic heterocycles. The number of ether oxygens (including phenoxy) is 1. The highest BCUT2D eigenvalue weighted by atomic mass is 16.7. The zero-order valence-corrected chi connectivity index (χ0v) is 8.85. The van der Waals surface area contributed by atoms with Crippen molar-refractivity contribution in [3.63, 3.8) is 0 Å². The van der Waals surface area contributed by atoms with Gasteiger partial charge < -0.3 is 9.57 Å². The molecule has 0 bridgehead atoms. The zero-order chi connectivity index (χ0) is 10.5.